The maximum atomic E-state index is 12.7. The molecular weight excluding hydrogens is 465 g/mol. The van der Waals surface area contributed by atoms with Crippen LogP contribution >= 0.6 is 11.8 Å². The number of carbonyl (C=O) groups excluding carboxylic acids is 3. The standard InChI is InChI=1S/C23H24FN3O6S/c1-4-19-20(15-7-10-17(33-13-24)18(11-15)31-2)26-27(23(30)34-19)12-14-5-8-16(9-6-14)25-21(28)22(29)32-3/h5-11,19H,4,12-13H2,1-3H3,(H,25,28). The molecule has 2 aromatic rings. The number of hydrogen-bond donors (Lipinski definition) is 1. The molecule has 0 fully saturated rings. The van der Waals surface area contributed by atoms with Crippen molar-refractivity contribution in [2.45, 2.75) is 25.1 Å². The highest BCUT2D eigenvalue weighted by atomic mass is 32.2. The van der Waals surface area contributed by atoms with Gasteiger partial charge in [0.2, 0.25) is 6.86 Å². The number of ether oxygens (including phenoxy) is 3. The topological polar surface area (TPSA) is 107 Å². The Morgan fingerprint density at radius 2 is 1.88 bits per heavy atom. The van der Waals surface area contributed by atoms with E-state index in [1.54, 1.807) is 42.5 Å². The number of halogens is 1. The zero-order valence-electron chi connectivity index (χ0n) is 18.9. The van der Waals surface area contributed by atoms with Crippen molar-refractivity contribution in [3.63, 3.8) is 0 Å². The van der Waals surface area contributed by atoms with Crippen molar-refractivity contribution in [1.82, 2.24) is 5.01 Å². The summed E-state index contributed by atoms with van der Waals surface area (Å²) < 4.78 is 27.2. The van der Waals surface area contributed by atoms with Crippen LogP contribution in [-0.4, -0.2) is 54.2 Å². The lowest BCUT2D eigenvalue weighted by Crippen LogP contribution is -2.34. The lowest BCUT2D eigenvalue weighted by molar-refractivity contribution is -0.150. The van der Waals surface area contributed by atoms with Crippen molar-refractivity contribution in [2.24, 2.45) is 5.10 Å². The maximum absolute atomic E-state index is 12.7. The van der Waals surface area contributed by atoms with Crippen LogP contribution in [-0.2, 0) is 20.9 Å². The van der Waals surface area contributed by atoms with Crippen molar-refractivity contribution < 1.29 is 33.0 Å². The number of carbonyl (C=O) groups is 3. The summed E-state index contributed by atoms with van der Waals surface area (Å²) in [6.45, 7) is 1.20. The van der Waals surface area contributed by atoms with E-state index in [1.807, 2.05) is 6.92 Å². The average Bonchev–Trinajstić information content (AvgIpc) is 2.86. The Morgan fingerprint density at radius 3 is 2.50 bits per heavy atom. The summed E-state index contributed by atoms with van der Waals surface area (Å²) in [4.78, 5) is 35.6. The second-order valence-electron chi connectivity index (χ2n) is 7.09. The van der Waals surface area contributed by atoms with Crippen molar-refractivity contribution in [2.75, 3.05) is 26.4 Å². The Morgan fingerprint density at radius 1 is 1.15 bits per heavy atom. The van der Waals surface area contributed by atoms with E-state index in [0.717, 1.165) is 18.2 Å². The Kier molecular flexibility index (Phi) is 8.47. The Hall–Kier alpha value is -3.60. The maximum Gasteiger partial charge on any atom is 0.396 e. The lowest BCUT2D eigenvalue weighted by atomic mass is 10.0. The molecule has 2 aromatic carbocycles. The predicted molar refractivity (Wildman–Crippen MR) is 126 cm³/mol. The van der Waals surface area contributed by atoms with E-state index >= 15 is 0 Å². The fourth-order valence-corrected chi connectivity index (χ4v) is 4.17. The van der Waals surface area contributed by atoms with Gasteiger partial charge in [0.1, 0.15) is 0 Å². The van der Waals surface area contributed by atoms with E-state index in [-0.39, 0.29) is 22.8 Å². The van der Waals surface area contributed by atoms with Gasteiger partial charge in [-0.1, -0.05) is 30.8 Å². The Balaban J connectivity index is 1.82. The summed E-state index contributed by atoms with van der Waals surface area (Å²) in [7, 11) is 2.59. The third-order valence-electron chi connectivity index (χ3n) is 4.94. The molecule has 180 valence electrons. The second-order valence-corrected chi connectivity index (χ2v) is 8.24. The highest BCUT2D eigenvalue weighted by molar-refractivity contribution is 8.14. The highest BCUT2D eigenvalue weighted by Gasteiger charge is 2.30. The van der Waals surface area contributed by atoms with Crippen LogP contribution in [0.5, 0.6) is 11.5 Å². The van der Waals surface area contributed by atoms with Crippen molar-refractivity contribution >= 4 is 40.3 Å². The van der Waals surface area contributed by atoms with Crippen LogP contribution in [0.2, 0.25) is 0 Å². The first-order chi connectivity index (χ1) is 16.4. The van der Waals surface area contributed by atoms with E-state index in [4.69, 9.17) is 9.47 Å². The number of alkyl halides is 1. The van der Waals surface area contributed by atoms with Gasteiger partial charge in [0.05, 0.1) is 31.7 Å². The molecule has 3 rings (SSSR count). The van der Waals surface area contributed by atoms with E-state index in [9.17, 15) is 18.8 Å². The zero-order chi connectivity index (χ0) is 24.7. The number of methoxy groups -OCH3 is 2. The average molecular weight is 490 g/mol. The Labute approximate surface area is 200 Å². The molecule has 0 bridgehead atoms. The van der Waals surface area contributed by atoms with Gasteiger partial charge >= 0.3 is 17.1 Å². The molecule has 0 aromatic heterocycles. The molecular formula is C23H24FN3O6S. The van der Waals surface area contributed by atoms with E-state index in [1.165, 1.54) is 23.9 Å². The molecule has 1 aliphatic heterocycles. The molecule has 0 spiro atoms. The van der Waals surface area contributed by atoms with Crippen LogP contribution in [0.3, 0.4) is 0 Å². The van der Waals surface area contributed by atoms with Gasteiger partial charge in [0, 0.05) is 11.3 Å². The molecule has 9 nitrogen and oxygen atoms in total. The number of amides is 2. The molecule has 11 heteroatoms. The second kappa shape index (κ2) is 11.5. The largest absolute Gasteiger partial charge is 0.493 e. The quantitative estimate of drug-likeness (QED) is 0.442. The summed E-state index contributed by atoms with van der Waals surface area (Å²) in [6, 6.07) is 11.7. The van der Waals surface area contributed by atoms with Crippen molar-refractivity contribution in [3.05, 3.63) is 53.6 Å². The van der Waals surface area contributed by atoms with Gasteiger partial charge in [-0.3, -0.25) is 9.59 Å². The predicted octanol–water partition coefficient (Wildman–Crippen LogP) is 3.96. The minimum absolute atomic E-state index is 0.155. The van der Waals surface area contributed by atoms with Gasteiger partial charge in [0.25, 0.3) is 0 Å². The molecule has 2 amide bonds. The summed E-state index contributed by atoms with van der Waals surface area (Å²) in [6.07, 6.45) is 0.683. The summed E-state index contributed by atoms with van der Waals surface area (Å²) in [5.74, 6) is -1.23. The number of thioether (sulfide) groups is 1. The minimum Gasteiger partial charge on any atom is -0.493 e. The fraction of sp³-hybridized carbons (Fsp3) is 0.304. The van der Waals surface area contributed by atoms with Gasteiger partial charge < -0.3 is 19.5 Å². The molecule has 1 N–H and O–H groups in total. The summed E-state index contributed by atoms with van der Waals surface area (Å²) in [5, 5.41) is 8.06. The minimum atomic E-state index is -0.992. The van der Waals surface area contributed by atoms with Gasteiger partial charge in [-0.05, 0) is 42.3 Å². The number of benzene rings is 2. The normalized spacial score (nSPS) is 15.4. The number of anilines is 1. The molecule has 0 saturated heterocycles. The molecule has 34 heavy (non-hydrogen) atoms. The molecule has 0 aliphatic carbocycles. The zero-order valence-corrected chi connectivity index (χ0v) is 19.7. The third-order valence-corrected chi connectivity index (χ3v) is 6.20. The van der Waals surface area contributed by atoms with E-state index in [2.05, 4.69) is 15.2 Å². The summed E-state index contributed by atoms with van der Waals surface area (Å²) in [5.41, 5.74) is 2.61. The van der Waals surface area contributed by atoms with Gasteiger partial charge in [-0.25, -0.2) is 14.2 Å². The molecule has 0 radical (unpaired) electrons. The summed E-state index contributed by atoms with van der Waals surface area (Å²) >= 11 is 1.18. The van der Waals surface area contributed by atoms with Crippen LogP contribution in [0.1, 0.15) is 24.5 Å². The van der Waals surface area contributed by atoms with Crippen LogP contribution in [0.25, 0.3) is 0 Å². The van der Waals surface area contributed by atoms with Crippen molar-refractivity contribution in [1.29, 1.82) is 0 Å². The smallest absolute Gasteiger partial charge is 0.396 e. The number of hydrogen-bond acceptors (Lipinski definition) is 8. The van der Waals surface area contributed by atoms with Gasteiger partial charge in [0.15, 0.2) is 11.5 Å². The first kappa shape index (κ1) is 25.0. The van der Waals surface area contributed by atoms with Crippen LogP contribution in [0, 0.1) is 0 Å². The van der Waals surface area contributed by atoms with Crippen LogP contribution in [0.15, 0.2) is 47.6 Å². The first-order valence-electron chi connectivity index (χ1n) is 10.3. The molecule has 1 aliphatic rings. The van der Waals surface area contributed by atoms with Crippen molar-refractivity contribution in [3.8, 4) is 11.5 Å². The third kappa shape index (κ3) is 5.84. The monoisotopic (exact) mass is 489 g/mol. The van der Waals surface area contributed by atoms with E-state index < -0.39 is 18.7 Å². The number of nitrogens with one attached hydrogen (secondary N) is 1. The molecule has 1 unspecified atom stereocenters. The molecule has 0 saturated carbocycles. The first-order valence-corrected chi connectivity index (χ1v) is 11.2. The highest BCUT2D eigenvalue weighted by Crippen LogP contribution is 2.34. The lowest BCUT2D eigenvalue weighted by Gasteiger charge is -2.28. The Bertz CT molecular complexity index is 1090. The number of esters is 1. The van der Waals surface area contributed by atoms with Crippen LogP contribution in [0.4, 0.5) is 14.9 Å². The SMILES string of the molecule is CCC1SC(=O)N(Cc2ccc(NC(=O)C(=O)OC)cc2)N=C1c1ccc(OCF)c(OC)c1. The number of rotatable bonds is 8. The molecule has 1 atom stereocenters. The molecule has 1 heterocycles. The van der Waals surface area contributed by atoms with Crippen LogP contribution < -0.4 is 14.8 Å². The van der Waals surface area contributed by atoms with Gasteiger partial charge in [-0.2, -0.15) is 5.10 Å². The van der Waals surface area contributed by atoms with E-state index in [0.29, 0.717) is 23.6 Å². The fourth-order valence-electron chi connectivity index (χ4n) is 3.24. The number of hydrazone groups is 1. The van der Waals surface area contributed by atoms with Gasteiger partial charge in [-0.15, -0.1) is 0 Å². The number of nitrogens with zero attached hydrogens (tertiary/aromatic N) is 2.